The van der Waals surface area contributed by atoms with Gasteiger partial charge in [0.2, 0.25) is 0 Å². The molecule has 0 unspecified atom stereocenters. The molecule has 0 radical (unpaired) electrons. The van der Waals surface area contributed by atoms with Crippen molar-refractivity contribution in [2.75, 3.05) is 19.8 Å². The molecule has 0 aliphatic heterocycles. The number of thiophene rings is 1. The molecule has 0 spiro atoms. The van der Waals surface area contributed by atoms with Gasteiger partial charge in [-0.3, -0.25) is 4.79 Å². The zero-order chi connectivity index (χ0) is 15.1. The van der Waals surface area contributed by atoms with Gasteiger partial charge in [0, 0.05) is 12.1 Å². The van der Waals surface area contributed by atoms with Crippen LogP contribution in [0.25, 0.3) is 11.1 Å². The van der Waals surface area contributed by atoms with Crippen LogP contribution in [0.5, 0.6) is 0 Å². The van der Waals surface area contributed by atoms with E-state index in [4.69, 9.17) is 9.84 Å². The number of aliphatic carboxylic acids is 1. The minimum atomic E-state index is -1.02. The fraction of sp³-hybridized carbons (Fsp3) is 0.200. The molecule has 110 valence electrons. The van der Waals surface area contributed by atoms with Crippen molar-refractivity contribution in [3.05, 3.63) is 46.7 Å². The molecule has 1 aromatic heterocycles. The second-order valence-corrected chi connectivity index (χ2v) is 5.15. The molecular formula is C15H15NO4S. The van der Waals surface area contributed by atoms with Gasteiger partial charge in [0.1, 0.15) is 6.61 Å². The SMILES string of the molecule is O=C(O)COCCNC(=O)c1sccc1-c1ccccc1. The van der Waals surface area contributed by atoms with Crippen molar-refractivity contribution < 1.29 is 19.4 Å². The Morgan fingerprint density at radius 1 is 1.19 bits per heavy atom. The lowest BCUT2D eigenvalue weighted by Crippen LogP contribution is -2.27. The average molecular weight is 305 g/mol. The molecule has 1 amide bonds. The molecule has 1 aromatic carbocycles. The Morgan fingerprint density at radius 3 is 2.67 bits per heavy atom. The summed E-state index contributed by atoms with van der Waals surface area (Å²) >= 11 is 1.37. The smallest absolute Gasteiger partial charge is 0.329 e. The Balaban J connectivity index is 1.92. The third-order valence-corrected chi connectivity index (χ3v) is 3.63. The molecule has 0 aliphatic rings. The molecule has 6 heteroatoms. The summed E-state index contributed by atoms with van der Waals surface area (Å²) in [5, 5.41) is 13.0. The number of nitrogens with one attached hydrogen (secondary N) is 1. The Labute approximate surface area is 126 Å². The lowest BCUT2D eigenvalue weighted by molar-refractivity contribution is -0.142. The van der Waals surface area contributed by atoms with Gasteiger partial charge in [0.05, 0.1) is 11.5 Å². The van der Waals surface area contributed by atoms with Crippen molar-refractivity contribution in [1.82, 2.24) is 5.32 Å². The first kappa shape index (κ1) is 15.2. The van der Waals surface area contributed by atoms with E-state index in [0.29, 0.717) is 4.88 Å². The van der Waals surface area contributed by atoms with E-state index in [2.05, 4.69) is 5.32 Å². The van der Waals surface area contributed by atoms with Gasteiger partial charge in [-0.1, -0.05) is 30.3 Å². The highest BCUT2D eigenvalue weighted by Gasteiger charge is 2.13. The largest absolute Gasteiger partial charge is 0.480 e. The molecule has 0 saturated carbocycles. The zero-order valence-corrected chi connectivity index (χ0v) is 12.1. The minimum absolute atomic E-state index is 0.171. The van der Waals surface area contributed by atoms with Gasteiger partial charge < -0.3 is 15.2 Å². The van der Waals surface area contributed by atoms with Gasteiger partial charge in [-0.05, 0) is 17.0 Å². The number of benzene rings is 1. The van der Waals surface area contributed by atoms with Crippen molar-refractivity contribution in [2.45, 2.75) is 0 Å². The Hall–Kier alpha value is -2.18. The topological polar surface area (TPSA) is 75.6 Å². The van der Waals surface area contributed by atoms with E-state index in [1.807, 2.05) is 41.8 Å². The van der Waals surface area contributed by atoms with Crippen molar-refractivity contribution >= 4 is 23.2 Å². The first-order valence-electron chi connectivity index (χ1n) is 6.39. The Morgan fingerprint density at radius 2 is 1.95 bits per heavy atom. The van der Waals surface area contributed by atoms with Gasteiger partial charge in [0.15, 0.2) is 0 Å². The van der Waals surface area contributed by atoms with Crippen LogP contribution in [-0.2, 0) is 9.53 Å². The Kier molecular flexibility index (Phi) is 5.48. The van der Waals surface area contributed by atoms with Gasteiger partial charge >= 0.3 is 5.97 Å². The van der Waals surface area contributed by atoms with Crippen molar-refractivity contribution in [3.63, 3.8) is 0 Å². The van der Waals surface area contributed by atoms with Crippen LogP contribution in [0.3, 0.4) is 0 Å². The quantitative estimate of drug-likeness (QED) is 0.769. The molecule has 21 heavy (non-hydrogen) atoms. The molecule has 2 aromatic rings. The number of carboxylic acid groups (broad SMARTS) is 1. The second-order valence-electron chi connectivity index (χ2n) is 4.23. The third-order valence-electron chi connectivity index (χ3n) is 2.71. The highest BCUT2D eigenvalue weighted by atomic mass is 32.1. The molecule has 0 fully saturated rings. The zero-order valence-electron chi connectivity index (χ0n) is 11.2. The molecular weight excluding hydrogens is 290 g/mol. The van der Waals surface area contributed by atoms with Crippen molar-refractivity contribution in [1.29, 1.82) is 0 Å². The number of rotatable bonds is 7. The fourth-order valence-corrected chi connectivity index (χ4v) is 2.64. The van der Waals surface area contributed by atoms with Crippen LogP contribution < -0.4 is 5.32 Å². The highest BCUT2D eigenvalue weighted by molar-refractivity contribution is 7.12. The summed E-state index contributed by atoms with van der Waals surface area (Å²) in [7, 11) is 0. The number of amides is 1. The maximum atomic E-state index is 12.1. The molecule has 0 atom stereocenters. The number of carbonyl (C=O) groups excluding carboxylic acids is 1. The van der Waals surface area contributed by atoms with Crippen LogP contribution in [0.4, 0.5) is 0 Å². The molecule has 0 bridgehead atoms. The van der Waals surface area contributed by atoms with Crippen molar-refractivity contribution in [3.8, 4) is 11.1 Å². The molecule has 5 nitrogen and oxygen atoms in total. The number of carboxylic acids is 1. The summed E-state index contributed by atoms with van der Waals surface area (Å²) < 4.78 is 4.87. The number of hydrogen-bond acceptors (Lipinski definition) is 4. The Bertz CT molecular complexity index is 609. The summed E-state index contributed by atoms with van der Waals surface area (Å²) in [6.45, 7) is 0.0897. The minimum Gasteiger partial charge on any atom is -0.480 e. The summed E-state index contributed by atoms with van der Waals surface area (Å²) in [5.74, 6) is -1.20. The first-order valence-corrected chi connectivity index (χ1v) is 7.27. The van der Waals surface area contributed by atoms with E-state index in [-0.39, 0.29) is 25.7 Å². The molecule has 2 rings (SSSR count). The normalized spacial score (nSPS) is 10.3. The first-order chi connectivity index (χ1) is 10.2. The van der Waals surface area contributed by atoms with E-state index < -0.39 is 5.97 Å². The number of ether oxygens (including phenoxy) is 1. The predicted octanol–water partition coefficient (Wildman–Crippen LogP) is 2.25. The van der Waals surface area contributed by atoms with Gasteiger partial charge in [0.25, 0.3) is 5.91 Å². The summed E-state index contributed by atoms with van der Waals surface area (Å²) in [6, 6.07) is 11.6. The second kappa shape index (κ2) is 7.56. The third kappa shape index (κ3) is 4.40. The standard InChI is InChI=1S/C15H15NO4S/c17-13(18)10-20-8-7-16-15(19)14-12(6-9-21-14)11-4-2-1-3-5-11/h1-6,9H,7-8,10H2,(H,16,19)(H,17,18). The lowest BCUT2D eigenvalue weighted by atomic mass is 10.1. The monoisotopic (exact) mass is 305 g/mol. The van der Waals surface area contributed by atoms with E-state index in [9.17, 15) is 9.59 Å². The fourth-order valence-electron chi connectivity index (χ4n) is 1.81. The van der Waals surface area contributed by atoms with E-state index in [1.165, 1.54) is 11.3 Å². The molecule has 0 aliphatic carbocycles. The van der Waals surface area contributed by atoms with Crippen LogP contribution in [0.15, 0.2) is 41.8 Å². The molecule has 2 N–H and O–H groups in total. The maximum absolute atomic E-state index is 12.1. The number of hydrogen-bond donors (Lipinski definition) is 2. The van der Waals surface area contributed by atoms with E-state index in [0.717, 1.165) is 11.1 Å². The molecule has 1 heterocycles. The highest BCUT2D eigenvalue weighted by Crippen LogP contribution is 2.27. The summed E-state index contributed by atoms with van der Waals surface area (Å²) in [4.78, 5) is 23.0. The summed E-state index contributed by atoms with van der Waals surface area (Å²) in [6.07, 6.45) is 0. The van der Waals surface area contributed by atoms with Crippen LogP contribution in [0.2, 0.25) is 0 Å². The van der Waals surface area contributed by atoms with Crippen LogP contribution in [-0.4, -0.2) is 36.7 Å². The van der Waals surface area contributed by atoms with Crippen LogP contribution in [0.1, 0.15) is 9.67 Å². The van der Waals surface area contributed by atoms with Gasteiger partial charge in [-0.15, -0.1) is 11.3 Å². The lowest BCUT2D eigenvalue weighted by Gasteiger charge is -2.06. The van der Waals surface area contributed by atoms with Gasteiger partial charge in [-0.25, -0.2) is 4.79 Å². The van der Waals surface area contributed by atoms with Crippen LogP contribution in [0, 0.1) is 0 Å². The van der Waals surface area contributed by atoms with Gasteiger partial charge in [-0.2, -0.15) is 0 Å². The summed E-state index contributed by atoms with van der Waals surface area (Å²) in [5.41, 5.74) is 1.88. The average Bonchev–Trinajstić information content (AvgIpc) is 2.97. The van der Waals surface area contributed by atoms with Crippen molar-refractivity contribution in [2.24, 2.45) is 0 Å². The van der Waals surface area contributed by atoms with E-state index >= 15 is 0 Å². The predicted molar refractivity (Wildman–Crippen MR) is 80.5 cm³/mol. The number of carbonyl (C=O) groups is 2. The maximum Gasteiger partial charge on any atom is 0.329 e. The molecule has 0 saturated heterocycles. The van der Waals surface area contributed by atoms with Crippen LogP contribution >= 0.6 is 11.3 Å². The van der Waals surface area contributed by atoms with E-state index in [1.54, 1.807) is 0 Å².